The lowest BCUT2D eigenvalue weighted by Crippen LogP contribution is -2.55. The Balaban J connectivity index is 4.53. The van der Waals surface area contributed by atoms with Crippen LogP contribution in [0.25, 0.3) is 0 Å². The van der Waals surface area contributed by atoms with Gasteiger partial charge in [0, 0.05) is 6.04 Å². The minimum Gasteiger partial charge on any atom is -0.444 e. The standard InChI is InChI=1S/C11H19F3N2O4/c1-6(15-8(18)11(12,13)14)7(5-17)16-9(19)20-10(2,3)4/h6-7,17H,5H2,1-4H3,(H,15,18)(H,16,19)/t6-,7-/m1/s1. The number of alkyl halides is 3. The van der Waals surface area contributed by atoms with Gasteiger partial charge < -0.3 is 20.5 Å². The van der Waals surface area contributed by atoms with Crippen molar-refractivity contribution in [3.8, 4) is 0 Å². The van der Waals surface area contributed by atoms with Gasteiger partial charge in [0.05, 0.1) is 12.6 Å². The molecule has 0 aliphatic rings. The molecule has 0 saturated heterocycles. The SMILES string of the molecule is C[C@@H](NC(=O)C(F)(F)F)[C@@H](CO)NC(=O)OC(C)(C)C. The number of hydrogen-bond donors (Lipinski definition) is 3. The fraction of sp³-hybridized carbons (Fsp3) is 0.818. The highest BCUT2D eigenvalue weighted by molar-refractivity contribution is 5.82. The van der Waals surface area contributed by atoms with Gasteiger partial charge in [0.25, 0.3) is 0 Å². The molecule has 2 atom stereocenters. The number of carbonyl (C=O) groups excluding carboxylic acids is 2. The molecule has 3 N–H and O–H groups in total. The van der Waals surface area contributed by atoms with E-state index in [-0.39, 0.29) is 0 Å². The van der Waals surface area contributed by atoms with E-state index in [4.69, 9.17) is 9.84 Å². The molecule has 0 bridgehead atoms. The van der Waals surface area contributed by atoms with Crippen LogP contribution in [0.15, 0.2) is 0 Å². The molecule has 0 aromatic carbocycles. The number of rotatable bonds is 4. The van der Waals surface area contributed by atoms with Crippen LogP contribution < -0.4 is 10.6 Å². The van der Waals surface area contributed by atoms with Crippen molar-refractivity contribution in [2.45, 2.75) is 51.6 Å². The van der Waals surface area contributed by atoms with Gasteiger partial charge in [-0.1, -0.05) is 0 Å². The number of alkyl carbamates (subject to hydrolysis) is 1. The lowest BCUT2D eigenvalue weighted by molar-refractivity contribution is -0.174. The van der Waals surface area contributed by atoms with Crippen LogP contribution in [-0.2, 0) is 9.53 Å². The van der Waals surface area contributed by atoms with Crippen LogP contribution in [0.5, 0.6) is 0 Å². The molecular weight excluding hydrogens is 281 g/mol. The molecule has 0 rings (SSSR count). The summed E-state index contributed by atoms with van der Waals surface area (Å²) in [7, 11) is 0. The molecule has 0 saturated carbocycles. The fourth-order valence-electron chi connectivity index (χ4n) is 1.18. The second-order valence-corrected chi connectivity index (χ2v) is 5.20. The van der Waals surface area contributed by atoms with E-state index in [1.54, 1.807) is 26.1 Å². The molecule has 0 fully saturated rings. The molecule has 6 nitrogen and oxygen atoms in total. The zero-order valence-corrected chi connectivity index (χ0v) is 11.7. The summed E-state index contributed by atoms with van der Waals surface area (Å²) in [4.78, 5) is 22.2. The summed E-state index contributed by atoms with van der Waals surface area (Å²) < 4.78 is 41.1. The molecule has 0 radical (unpaired) electrons. The van der Waals surface area contributed by atoms with Gasteiger partial charge in [-0.25, -0.2) is 4.79 Å². The molecule has 0 heterocycles. The van der Waals surface area contributed by atoms with Gasteiger partial charge in [-0.05, 0) is 27.7 Å². The molecule has 9 heteroatoms. The maximum atomic E-state index is 12.1. The molecule has 0 unspecified atom stereocenters. The highest BCUT2D eigenvalue weighted by atomic mass is 19.4. The van der Waals surface area contributed by atoms with Crippen LogP contribution in [0.2, 0.25) is 0 Å². The predicted octanol–water partition coefficient (Wildman–Crippen LogP) is 0.939. The third-order valence-corrected chi connectivity index (χ3v) is 2.12. The van der Waals surface area contributed by atoms with Gasteiger partial charge in [0.1, 0.15) is 5.60 Å². The minimum atomic E-state index is -5.03. The topological polar surface area (TPSA) is 87.7 Å². The third kappa shape index (κ3) is 7.17. The average molecular weight is 300 g/mol. The molecule has 0 spiro atoms. The largest absolute Gasteiger partial charge is 0.471 e. The van der Waals surface area contributed by atoms with Crippen LogP contribution >= 0.6 is 0 Å². The molecule has 118 valence electrons. The average Bonchev–Trinajstić information content (AvgIpc) is 2.21. The first kappa shape index (κ1) is 18.5. The maximum absolute atomic E-state index is 12.1. The smallest absolute Gasteiger partial charge is 0.444 e. The van der Waals surface area contributed by atoms with Gasteiger partial charge in [-0.15, -0.1) is 0 Å². The first-order chi connectivity index (χ1) is 8.86. The van der Waals surface area contributed by atoms with Crippen molar-refractivity contribution in [1.29, 1.82) is 0 Å². The number of aliphatic hydroxyl groups is 1. The summed E-state index contributed by atoms with van der Waals surface area (Å²) in [5.41, 5.74) is -0.789. The fourth-order valence-corrected chi connectivity index (χ4v) is 1.18. The number of halogens is 3. The van der Waals surface area contributed by atoms with Crippen molar-refractivity contribution in [1.82, 2.24) is 10.6 Å². The summed E-state index contributed by atoms with van der Waals surface area (Å²) in [5.74, 6) is -2.14. The van der Waals surface area contributed by atoms with E-state index < -0.39 is 42.5 Å². The maximum Gasteiger partial charge on any atom is 0.471 e. The Morgan fingerprint density at radius 2 is 1.70 bits per heavy atom. The second-order valence-electron chi connectivity index (χ2n) is 5.20. The van der Waals surface area contributed by atoms with Crippen LogP contribution in [0.4, 0.5) is 18.0 Å². The first-order valence-electron chi connectivity index (χ1n) is 5.85. The van der Waals surface area contributed by atoms with E-state index in [0.29, 0.717) is 0 Å². The van der Waals surface area contributed by atoms with Crippen LogP contribution in [0.1, 0.15) is 27.7 Å². The summed E-state index contributed by atoms with van der Waals surface area (Å²) in [6.45, 7) is 5.39. The van der Waals surface area contributed by atoms with E-state index in [1.165, 1.54) is 6.92 Å². The number of hydrogen-bond acceptors (Lipinski definition) is 4. The van der Waals surface area contributed by atoms with Crippen LogP contribution in [0.3, 0.4) is 0 Å². The van der Waals surface area contributed by atoms with Crippen molar-refractivity contribution in [2.24, 2.45) is 0 Å². The number of aliphatic hydroxyl groups excluding tert-OH is 1. The second kappa shape index (κ2) is 6.78. The Kier molecular flexibility index (Phi) is 6.27. The van der Waals surface area contributed by atoms with Crippen molar-refractivity contribution in [3.05, 3.63) is 0 Å². The monoisotopic (exact) mass is 300 g/mol. The quantitative estimate of drug-likeness (QED) is 0.721. The van der Waals surface area contributed by atoms with E-state index in [0.717, 1.165) is 0 Å². The summed E-state index contributed by atoms with van der Waals surface area (Å²) >= 11 is 0. The van der Waals surface area contributed by atoms with Gasteiger partial charge in [-0.2, -0.15) is 13.2 Å². The number of nitrogens with one attached hydrogen (secondary N) is 2. The summed E-state index contributed by atoms with van der Waals surface area (Å²) in [5, 5.41) is 12.9. The van der Waals surface area contributed by atoms with Crippen molar-refractivity contribution < 1.29 is 32.6 Å². The highest BCUT2D eigenvalue weighted by Crippen LogP contribution is 2.15. The normalized spacial score (nSPS) is 15.2. The van der Waals surface area contributed by atoms with Crippen molar-refractivity contribution >= 4 is 12.0 Å². The predicted molar refractivity (Wildman–Crippen MR) is 63.9 cm³/mol. The van der Waals surface area contributed by atoms with E-state index in [2.05, 4.69) is 5.32 Å². The molecule has 2 amide bonds. The molecular formula is C11H19F3N2O4. The van der Waals surface area contributed by atoms with Gasteiger partial charge in [0.15, 0.2) is 0 Å². The van der Waals surface area contributed by atoms with E-state index in [1.807, 2.05) is 0 Å². The number of carbonyl (C=O) groups is 2. The van der Waals surface area contributed by atoms with Gasteiger partial charge in [-0.3, -0.25) is 4.79 Å². The minimum absolute atomic E-state index is 0.654. The Bertz CT molecular complexity index is 353. The van der Waals surface area contributed by atoms with E-state index >= 15 is 0 Å². The summed E-state index contributed by atoms with van der Waals surface area (Å²) in [6, 6.07) is -2.22. The van der Waals surface area contributed by atoms with Crippen LogP contribution in [0, 0.1) is 0 Å². The number of amides is 2. The third-order valence-electron chi connectivity index (χ3n) is 2.12. The number of ether oxygens (including phenoxy) is 1. The van der Waals surface area contributed by atoms with Gasteiger partial charge >= 0.3 is 18.2 Å². The van der Waals surface area contributed by atoms with Gasteiger partial charge in [0.2, 0.25) is 0 Å². The Morgan fingerprint density at radius 3 is 2.05 bits per heavy atom. The Hall–Kier alpha value is -1.51. The zero-order valence-electron chi connectivity index (χ0n) is 11.7. The lowest BCUT2D eigenvalue weighted by atomic mass is 10.1. The van der Waals surface area contributed by atoms with Crippen molar-refractivity contribution in [3.63, 3.8) is 0 Å². The molecule has 20 heavy (non-hydrogen) atoms. The lowest BCUT2D eigenvalue weighted by Gasteiger charge is -2.26. The van der Waals surface area contributed by atoms with Crippen molar-refractivity contribution in [2.75, 3.05) is 6.61 Å². The van der Waals surface area contributed by atoms with E-state index in [9.17, 15) is 22.8 Å². The van der Waals surface area contributed by atoms with Crippen LogP contribution in [-0.4, -0.2) is 47.6 Å². The molecule has 0 aromatic rings. The highest BCUT2D eigenvalue weighted by Gasteiger charge is 2.40. The Labute approximate surface area is 114 Å². The molecule has 0 aliphatic carbocycles. The Morgan fingerprint density at radius 1 is 1.20 bits per heavy atom. The first-order valence-corrected chi connectivity index (χ1v) is 5.85. The zero-order chi connectivity index (χ0) is 16.1. The molecule has 0 aromatic heterocycles. The molecule has 0 aliphatic heterocycles. The summed E-state index contributed by atoms with van der Waals surface area (Å²) in [6.07, 6.45) is -5.93.